The highest BCUT2D eigenvalue weighted by Gasteiger charge is 2.19. The summed E-state index contributed by atoms with van der Waals surface area (Å²) < 4.78 is 5.02. The number of benzene rings is 1. The van der Waals surface area contributed by atoms with Gasteiger partial charge < -0.3 is 10.1 Å². The van der Waals surface area contributed by atoms with Crippen molar-refractivity contribution in [2.24, 2.45) is 0 Å². The normalized spacial score (nSPS) is 11.7. The lowest BCUT2D eigenvalue weighted by Gasteiger charge is -2.15. The van der Waals surface area contributed by atoms with Gasteiger partial charge in [-0.25, -0.2) is 4.79 Å². The number of aryl methyl sites for hydroxylation is 1. The van der Waals surface area contributed by atoms with Crippen molar-refractivity contribution in [3.8, 4) is 0 Å². The highest BCUT2D eigenvalue weighted by atomic mass is 35.5. The summed E-state index contributed by atoms with van der Waals surface area (Å²) in [6.07, 6.45) is 0.329. The Bertz CT molecular complexity index is 579. The van der Waals surface area contributed by atoms with Crippen molar-refractivity contribution in [2.45, 2.75) is 34.1 Å². The van der Waals surface area contributed by atoms with Gasteiger partial charge in [-0.05, 0) is 44.5 Å². The molecule has 4 nitrogen and oxygen atoms in total. The molecule has 1 aromatic rings. The Morgan fingerprint density at radius 1 is 1.29 bits per heavy atom. The van der Waals surface area contributed by atoms with E-state index >= 15 is 0 Å². The Morgan fingerprint density at radius 3 is 2.48 bits per heavy atom. The van der Waals surface area contributed by atoms with E-state index < -0.39 is 5.97 Å². The van der Waals surface area contributed by atoms with Gasteiger partial charge in [0.2, 0.25) is 0 Å². The number of hydrogen-bond donors (Lipinski definition) is 1. The number of esters is 1. The fraction of sp³-hybridized carbons (Fsp3) is 0.375. The molecule has 0 unspecified atom stereocenters. The second-order valence-electron chi connectivity index (χ2n) is 4.58. The number of carbonyl (C=O) groups excluding carboxylic acids is 2. The van der Waals surface area contributed by atoms with Crippen molar-refractivity contribution in [1.82, 2.24) is 0 Å². The van der Waals surface area contributed by atoms with Gasteiger partial charge in [-0.2, -0.15) is 0 Å². The number of rotatable bonds is 6. The molecule has 0 bridgehead atoms. The molecule has 0 aromatic heterocycles. The maximum atomic E-state index is 12.1. The summed E-state index contributed by atoms with van der Waals surface area (Å²) in [7, 11) is 0. The first-order chi connectivity index (χ1) is 9.90. The lowest BCUT2D eigenvalue weighted by atomic mass is 10.1. The lowest BCUT2D eigenvalue weighted by molar-refractivity contribution is -0.138. The smallest absolute Gasteiger partial charge is 0.355 e. The minimum atomic E-state index is -0.536. The van der Waals surface area contributed by atoms with E-state index in [1.54, 1.807) is 39.0 Å². The number of carbonyl (C=O) groups is 2. The van der Waals surface area contributed by atoms with Crippen molar-refractivity contribution < 1.29 is 14.3 Å². The molecule has 0 fully saturated rings. The van der Waals surface area contributed by atoms with Gasteiger partial charge in [-0.15, -0.1) is 0 Å². The van der Waals surface area contributed by atoms with E-state index in [2.05, 4.69) is 5.32 Å². The second-order valence-corrected chi connectivity index (χ2v) is 5.02. The van der Waals surface area contributed by atoms with Crippen molar-refractivity contribution in [2.75, 3.05) is 11.9 Å². The minimum Gasteiger partial charge on any atom is -0.461 e. The van der Waals surface area contributed by atoms with E-state index in [9.17, 15) is 9.59 Å². The van der Waals surface area contributed by atoms with Crippen LogP contribution in [0.2, 0.25) is 5.02 Å². The van der Waals surface area contributed by atoms with Crippen molar-refractivity contribution in [3.05, 3.63) is 40.1 Å². The monoisotopic (exact) mass is 309 g/mol. The van der Waals surface area contributed by atoms with E-state index in [1.165, 1.54) is 0 Å². The molecule has 0 saturated heterocycles. The average molecular weight is 310 g/mol. The van der Waals surface area contributed by atoms with Gasteiger partial charge in [0.05, 0.1) is 6.61 Å². The molecule has 0 amide bonds. The van der Waals surface area contributed by atoms with Gasteiger partial charge >= 0.3 is 5.97 Å². The lowest BCUT2D eigenvalue weighted by Crippen LogP contribution is -2.19. The van der Waals surface area contributed by atoms with Crippen molar-refractivity contribution in [3.63, 3.8) is 0 Å². The zero-order valence-corrected chi connectivity index (χ0v) is 13.5. The van der Waals surface area contributed by atoms with E-state index in [-0.39, 0.29) is 18.1 Å². The first-order valence-corrected chi connectivity index (χ1v) is 7.22. The molecule has 0 spiro atoms. The van der Waals surface area contributed by atoms with Crippen LogP contribution in [0.3, 0.4) is 0 Å². The fourth-order valence-electron chi connectivity index (χ4n) is 1.81. The van der Waals surface area contributed by atoms with Crippen molar-refractivity contribution in [1.29, 1.82) is 0 Å². The van der Waals surface area contributed by atoms with Crippen LogP contribution in [0, 0.1) is 6.92 Å². The molecule has 1 N–H and O–H groups in total. The zero-order valence-electron chi connectivity index (χ0n) is 12.7. The first kappa shape index (κ1) is 17.2. The second kappa shape index (κ2) is 7.84. The Kier molecular flexibility index (Phi) is 6.43. The number of hydrogen-bond acceptors (Lipinski definition) is 4. The summed E-state index contributed by atoms with van der Waals surface area (Å²) in [5.74, 6) is -0.636. The van der Waals surface area contributed by atoms with Gasteiger partial charge in [0.15, 0.2) is 5.78 Å². The molecule has 0 aliphatic carbocycles. The van der Waals surface area contributed by atoms with Crippen LogP contribution in [0.5, 0.6) is 0 Å². The van der Waals surface area contributed by atoms with Crippen LogP contribution >= 0.6 is 11.6 Å². The quantitative estimate of drug-likeness (QED) is 0.640. The van der Waals surface area contributed by atoms with Crippen LogP contribution in [0.25, 0.3) is 0 Å². The summed E-state index contributed by atoms with van der Waals surface area (Å²) in [4.78, 5) is 23.9. The molecule has 5 heteroatoms. The Morgan fingerprint density at radius 2 is 1.95 bits per heavy atom. The predicted molar refractivity (Wildman–Crippen MR) is 84.4 cm³/mol. The molecule has 114 valence electrons. The third kappa shape index (κ3) is 4.60. The molecule has 21 heavy (non-hydrogen) atoms. The number of ether oxygens (including phenoxy) is 1. The number of halogens is 1. The molecular formula is C16H20ClNO3. The molecule has 0 heterocycles. The summed E-state index contributed by atoms with van der Waals surface area (Å²) in [5.41, 5.74) is 2.13. The van der Waals surface area contributed by atoms with Crippen molar-refractivity contribution >= 4 is 29.0 Å². The fourth-order valence-corrected chi connectivity index (χ4v) is 2.03. The van der Waals surface area contributed by atoms with Crippen LogP contribution in [-0.2, 0) is 14.3 Å². The van der Waals surface area contributed by atoms with E-state index in [0.29, 0.717) is 22.7 Å². The van der Waals surface area contributed by atoms with Crippen LogP contribution in [0.15, 0.2) is 29.5 Å². The largest absolute Gasteiger partial charge is 0.461 e. The van der Waals surface area contributed by atoms with E-state index in [1.807, 2.05) is 6.92 Å². The highest BCUT2D eigenvalue weighted by Crippen LogP contribution is 2.22. The Hall–Kier alpha value is -1.81. The number of nitrogens with one attached hydrogen (secondary N) is 1. The van der Waals surface area contributed by atoms with Crippen LogP contribution in [-0.4, -0.2) is 18.4 Å². The average Bonchev–Trinajstić information content (AvgIpc) is 2.45. The number of allylic oxidation sites excluding steroid dienone is 1. The van der Waals surface area contributed by atoms with Gasteiger partial charge in [0.1, 0.15) is 5.70 Å². The first-order valence-electron chi connectivity index (χ1n) is 6.85. The SMILES string of the molecule is CCOC(=O)/C(Nc1ccc(Cl)cc1C)=C(/C)C(=O)CC. The number of ketones is 1. The maximum Gasteiger partial charge on any atom is 0.355 e. The summed E-state index contributed by atoms with van der Waals surface area (Å²) in [5, 5.41) is 3.61. The zero-order chi connectivity index (χ0) is 16.0. The number of Topliss-reactive ketones (excluding diaryl/α,β-unsaturated/α-hetero) is 1. The van der Waals surface area contributed by atoms with Crippen LogP contribution in [0.1, 0.15) is 32.8 Å². The van der Waals surface area contributed by atoms with Gasteiger partial charge in [0, 0.05) is 22.7 Å². The molecule has 0 atom stereocenters. The maximum absolute atomic E-state index is 12.1. The molecular weight excluding hydrogens is 290 g/mol. The molecule has 1 rings (SSSR count). The molecule has 1 aromatic carbocycles. The Labute approximate surface area is 130 Å². The Balaban J connectivity index is 3.19. The molecule has 0 saturated carbocycles. The molecule has 0 aliphatic rings. The van der Waals surface area contributed by atoms with Gasteiger partial charge in [-0.3, -0.25) is 4.79 Å². The summed E-state index contributed by atoms with van der Waals surface area (Å²) >= 11 is 5.92. The van der Waals surface area contributed by atoms with Crippen LogP contribution in [0.4, 0.5) is 5.69 Å². The molecule has 0 radical (unpaired) electrons. The third-order valence-corrected chi connectivity index (χ3v) is 3.28. The minimum absolute atomic E-state index is 0.0998. The predicted octanol–water partition coefficient (Wildman–Crippen LogP) is 3.88. The highest BCUT2D eigenvalue weighted by molar-refractivity contribution is 6.30. The van der Waals surface area contributed by atoms with E-state index in [0.717, 1.165) is 5.56 Å². The standard InChI is InChI=1S/C16H20ClNO3/c1-5-14(19)11(4)15(16(20)21-6-2)18-13-8-7-12(17)9-10(13)3/h7-9,18H,5-6H2,1-4H3/b15-11+. The van der Waals surface area contributed by atoms with Crippen LogP contribution < -0.4 is 5.32 Å². The van der Waals surface area contributed by atoms with Gasteiger partial charge in [-0.1, -0.05) is 18.5 Å². The van der Waals surface area contributed by atoms with E-state index in [4.69, 9.17) is 16.3 Å². The van der Waals surface area contributed by atoms with Gasteiger partial charge in [0.25, 0.3) is 0 Å². The molecule has 0 aliphatic heterocycles. The summed E-state index contributed by atoms with van der Waals surface area (Å²) in [6, 6.07) is 5.26. The topological polar surface area (TPSA) is 55.4 Å². The third-order valence-electron chi connectivity index (χ3n) is 3.04. The number of anilines is 1. The summed E-state index contributed by atoms with van der Waals surface area (Å²) in [6.45, 7) is 7.21.